The van der Waals surface area contributed by atoms with Crippen LogP contribution in [0.2, 0.25) is 0 Å². The number of aliphatic hydroxyl groups is 1. The zero-order valence-electron chi connectivity index (χ0n) is 11.1. The molecule has 6 nitrogen and oxygen atoms in total. The first-order valence-electron chi connectivity index (χ1n) is 6.50. The fourth-order valence-corrected chi connectivity index (χ4v) is 2.97. The molecule has 0 spiro atoms. The summed E-state index contributed by atoms with van der Waals surface area (Å²) in [6.45, 7) is 1.68. The van der Waals surface area contributed by atoms with Crippen LogP contribution in [0, 0.1) is 0 Å². The van der Waals surface area contributed by atoms with Crippen LogP contribution in [-0.4, -0.2) is 52.6 Å². The molecule has 7 heteroatoms. The van der Waals surface area contributed by atoms with Crippen molar-refractivity contribution in [3.05, 3.63) is 29.8 Å². The van der Waals surface area contributed by atoms with Gasteiger partial charge in [-0.1, -0.05) is 12.1 Å². The van der Waals surface area contributed by atoms with Gasteiger partial charge in [-0.15, -0.1) is 0 Å². The lowest BCUT2D eigenvalue weighted by molar-refractivity contribution is -0.0846. The monoisotopic (exact) mass is 301 g/mol. The average molecular weight is 301 g/mol. The number of nitrogens with one attached hydrogen (secondary N) is 1. The van der Waals surface area contributed by atoms with Gasteiger partial charge in [-0.25, -0.2) is 13.1 Å². The first-order chi connectivity index (χ1) is 9.62. The Morgan fingerprint density at radius 2 is 2.00 bits per heavy atom. The Morgan fingerprint density at radius 3 is 2.60 bits per heavy atom. The van der Waals surface area contributed by atoms with Gasteiger partial charge in [-0.05, 0) is 24.1 Å². The zero-order valence-corrected chi connectivity index (χ0v) is 11.9. The quantitative estimate of drug-likeness (QED) is 0.767. The lowest BCUT2D eigenvalue weighted by atomic mass is 10.2. The van der Waals surface area contributed by atoms with Gasteiger partial charge in [0.05, 0.1) is 30.8 Å². The molecule has 112 valence electrons. The Morgan fingerprint density at radius 1 is 1.25 bits per heavy atom. The summed E-state index contributed by atoms with van der Waals surface area (Å²) < 4.78 is 37.3. The van der Waals surface area contributed by atoms with Crippen LogP contribution in [0.1, 0.15) is 5.56 Å². The van der Waals surface area contributed by atoms with Crippen molar-refractivity contribution in [1.82, 2.24) is 4.72 Å². The van der Waals surface area contributed by atoms with Crippen molar-refractivity contribution < 1.29 is 23.0 Å². The maximum Gasteiger partial charge on any atom is 0.240 e. The molecule has 1 aliphatic rings. The van der Waals surface area contributed by atoms with Gasteiger partial charge in [0.2, 0.25) is 10.0 Å². The minimum atomic E-state index is -3.54. The number of aliphatic hydroxyl groups excluding tert-OH is 1. The molecule has 1 aromatic carbocycles. The van der Waals surface area contributed by atoms with Gasteiger partial charge in [0.1, 0.15) is 0 Å². The molecule has 0 amide bonds. The van der Waals surface area contributed by atoms with E-state index in [1.54, 1.807) is 12.1 Å². The average Bonchev–Trinajstić information content (AvgIpc) is 2.47. The summed E-state index contributed by atoms with van der Waals surface area (Å²) in [5.41, 5.74) is 0.899. The van der Waals surface area contributed by atoms with Crippen molar-refractivity contribution in [2.75, 3.05) is 33.0 Å². The highest BCUT2D eigenvalue weighted by Gasteiger charge is 2.19. The summed E-state index contributed by atoms with van der Waals surface area (Å²) in [6.07, 6.45) is 0.272. The molecule has 1 heterocycles. The Hall–Kier alpha value is -0.990. The number of hydrogen-bond acceptors (Lipinski definition) is 5. The van der Waals surface area contributed by atoms with Gasteiger partial charge in [0.15, 0.2) is 0 Å². The molecule has 0 radical (unpaired) electrons. The molecule has 1 aromatic rings. The second kappa shape index (κ2) is 7.14. The van der Waals surface area contributed by atoms with E-state index in [2.05, 4.69) is 4.72 Å². The molecule has 1 saturated heterocycles. The predicted octanol–water partition coefficient (Wildman–Crippen LogP) is -0.0849. The number of ether oxygens (including phenoxy) is 2. The second-order valence-corrected chi connectivity index (χ2v) is 6.30. The standard InChI is InChI=1S/C13H19NO5S/c15-6-5-11-1-3-13(4-2-11)20(16,17)14-9-12-10-18-7-8-19-12/h1-4,12,14-15H,5-10H2. The lowest BCUT2D eigenvalue weighted by Crippen LogP contribution is -2.39. The van der Waals surface area contributed by atoms with Crippen LogP contribution in [0.15, 0.2) is 29.2 Å². The molecule has 2 rings (SSSR count). The largest absolute Gasteiger partial charge is 0.396 e. The maximum absolute atomic E-state index is 12.1. The van der Waals surface area contributed by atoms with Crippen LogP contribution < -0.4 is 4.72 Å². The van der Waals surface area contributed by atoms with E-state index >= 15 is 0 Å². The minimum absolute atomic E-state index is 0.0450. The zero-order chi connectivity index (χ0) is 14.4. The normalized spacial score (nSPS) is 19.9. The summed E-state index contributed by atoms with van der Waals surface area (Å²) >= 11 is 0. The fourth-order valence-electron chi connectivity index (χ4n) is 1.90. The predicted molar refractivity (Wildman–Crippen MR) is 73.0 cm³/mol. The van der Waals surface area contributed by atoms with Crippen molar-refractivity contribution in [2.24, 2.45) is 0 Å². The third-order valence-corrected chi connectivity index (χ3v) is 4.46. The van der Waals surface area contributed by atoms with Crippen LogP contribution in [0.25, 0.3) is 0 Å². The molecule has 2 N–H and O–H groups in total. The van der Waals surface area contributed by atoms with Crippen molar-refractivity contribution in [3.63, 3.8) is 0 Å². The smallest absolute Gasteiger partial charge is 0.240 e. The second-order valence-electron chi connectivity index (χ2n) is 4.54. The summed E-state index contributed by atoms with van der Waals surface area (Å²) in [5.74, 6) is 0. The number of rotatable bonds is 6. The maximum atomic E-state index is 12.1. The van der Waals surface area contributed by atoms with Crippen molar-refractivity contribution in [2.45, 2.75) is 17.4 Å². The van der Waals surface area contributed by atoms with E-state index in [-0.39, 0.29) is 24.2 Å². The van der Waals surface area contributed by atoms with Gasteiger partial charge in [-0.3, -0.25) is 0 Å². The van der Waals surface area contributed by atoms with E-state index in [0.717, 1.165) is 5.56 Å². The lowest BCUT2D eigenvalue weighted by Gasteiger charge is -2.23. The molecule has 1 unspecified atom stereocenters. The van der Waals surface area contributed by atoms with E-state index in [0.29, 0.717) is 26.2 Å². The van der Waals surface area contributed by atoms with E-state index < -0.39 is 10.0 Å². The first kappa shape index (κ1) is 15.4. The number of benzene rings is 1. The van der Waals surface area contributed by atoms with Crippen LogP contribution in [0.3, 0.4) is 0 Å². The molecule has 1 fully saturated rings. The highest BCUT2D eigenvalue weighted by molar-refractivity contribution is 7.89. The Balaban J connectivity index is 1.94. The summed E-state index contributed by atoms with van der Waals surface area (Å²) in [4.78, 5) is 0.205. The minimum Gasteiger partial charge on any atom is -0.396 e. The summed E-state index contributed by atoms with van der Waals surface area (Å²) in [6, 6.07) is 6.47. The molecule has 0 saturated carbocycles. The highest BCUT2D eigenvalue weighted by atomic mass is 32.2. The van der Waals surface area contributed by atoms with Crippen molar-refractivity contribution in [3.8, 4) is 0 Å². The van der Waals surface area contributed by atoms with E-state index in [1.165, 1.54) is 12.1 Å². The van der Waals surface area contributed by atoms with Crippen LogP contribution in [-0.2, 0) is 25.9 Å². The third-order valence-electron chi connectivity index (χ3n) is 3.02. The topological polar surface area (TPSA) is 84.9 Å². The van der Waals surface area contributed by atoms with Crippen LogP contribution in [0.5, 0.6) is 0 Å². The molecule has 1 atom stereocenters. The summed E-state index contributed by atoms with van der Waals surface area (Å²) in [7, 11) is -3.54. The Kier molecular flexibility index (Phi) is 5.50. The number of hydrogen-bond donors (Lipinski definition) is 2. The molecule has 20 heavy (non-hydrogen) atoms. The van der Waals surface area contributed by atoms with Gasteiger partial charge >= 0.3 is 0 Å². The van der Waals surface area contributed by atoms with Gasteiger partial charge in [0.25, 0.3) is 0 Å². The van der Waals surface area contributed by atoms with Crippen molar-refractivity contribution in [1.29, 1.82) is 0 Å². The molecule has 0 bridgehead atoms. The highest BCUT2D eigenvalue weighted by Crippen LogP contribution is 2.11. The van der Waals surface area contributed by atoms with E-state index in [1.807, 2.05) is 0 Å². The molecular formula is C13H19NO5S. The molecule has 0 aromatic heterocycles. The number of sulfonamides is 1. The molecular weight excluding hydrogens is 282 g/mol. The van der Waals surface area contributed by atoms with Gasteiger partial charge < -0.3 is 14.6 Å². The van der Waals surface area contributed by atoms with E-state index in [9.17, 15) is 8.42 Å². The van der Waals surface area contributed by atoms with Gasteiger partial charge in [-0.2, -0.15) is 0 Å². The van der Waals surface area contributed by atoms with Crippen LogP contribution in [0.4, 0.5) is 0 Å². The van der Waals surface area contributed by atoms with Crippen LogP contribution >= 0.6 is 0 Å². The molecule has 0 aliphatic carbocycles. The molecule has 1 aliphatic heterocycles. The fraction of sp³-hybridized carbons (Fsp3) is 0.538. The Labute approximate surface area is 118 Å². The summed E-state index contributed by atoms with van der Waals surface area (Å²) in [5, 5.41) is 8.82. The third kappa shape index (κ3) is 4.26. The Bertz CT molecular complexity index is 508. The van der Waals surface area contributed by atoms with Gasteiger partial charge in [0, 0.05) is 13.2 Å². The van der Waals surface area contributed by atoms with E-state index in [4.69, 9.17) is 14.6 Å². The SMILES string of the molecule is O=S(=O)(NCC1COCCO1)c1ccc(CCO)cc1. The van der Waals surface area contributed by atoms with Crippen molar-refractivity contribution >= 4 is 10.0 Å². The first-order valence-corrected chi connectivity index (χ1v) is 7.99.